The summed E-state index contributed by atoms with van der Waals surface area (Å²) in [4.78, 5) is 23.9. The summed E-state index contributed by atoms with van der Waals surface area (Å²) in [6.07, 6.45) is 2.19. The van der Waals surface area contributed by atoms with E-state index in [2.05, 4.69) is 24.8 Å². The van der Waals surface area contributed by atoms with Crippen molar-refractivity contribution in [1.29, 1.82) is 0 Å². The van der Waals surface area contributed by atoms with Gasteiger partial charge in [-0.25, -0.2) is 27.9 Å². The monoisotopic (exact) mass is 601 g/mol. The molecule has 7 nitrogen and oxygen atoms in total. The second-order valence-electron chi connectivity index (χ2n) is 8.88. The summed E-state index contributed by atoms with van der Waals surface area (Å²) in [6.45, 7) is 1.84. The van der Waals surface area contributed by atoms with Crippen LogP contribution in [0.2, 0.25) is 0 Å². The van der Waals surface area contributed by atoms with Gasteiger partial charge in [0, 0.05) is 18.7 Å². The summed E-state index contributed by atoms with van der Waals surface area (Å²) in [5.74, 6) is -14.3. The van der Waals surface area contributed by atoms with E-state index in [4.69, 9.17) is 4.98 Å². The van der Waals surface area contributed by atoms with Crippen molar-refractivity contribution in [2.75, 3.05) is 18.0 Å². The Hall–Kier alpha value is -4.30. The van der Waals surface area contributed by atoms with E-state index in [1.54, 1.807) is 0 Å². The molecule has 1 fully saturated rings. The molecule has 5 aromatic rings. The Kier molecular flexibility index (Phi) is 7.17. The van der Waals surface area contributed by atoms with Gasteiger partial charge >= 0.3 is 5.97 Å². The van der Waals surface area contributed by atoms with Crippen LogP contribution in [0.5, 0.6) is 5.75 Å². The molecule has 0 aliphatic carbocycles. The minimum atomic E-state index is -2.35. The molecule has 0 amide bonds. The standard InChI is InChI=1S/C27H16F5N5O2S2/c28-17-18(29)20(31)23(21(32)19(17)30)39-25(38)14-8-9-15-16(12-14)40-26(33-15)36-35-24-22(13-6-2-1-3-7-13)34-27(41-24)37-10-4-5-11-37/h1-3,6-9,12H,4-5,10-11H2. The highest BCUT2D eigenvalue weighted by Gasteiger charge is 2.29. The SMILES string of the molecule is O=C(Oc1c(F)c(F)c(F)c(F)c1F)c1ccc2nc(N=Nc3sc(N4CCCC4)nc3-c3ccccc3)sc2c1. The Morgan fingerprint density at radius 1 is 0.829 bits per heavy atom. The summed E-state index contributed by atoms with van der Waals surface area (Å²) in [7, 11) is 0. The smallest absolute Gasteiger partial charge is 0.343 e. The van der Waals surface area contributed by atoms with Gasteiger partial charge in [0.2, 0.25) is 40.0 Å². The Morgan fingerprint density at radius 2 is 1.51 bits per heavy atom. The van der Waals surface area contributed by atoms with Gasteiger partial charge in [-0.2, -0.15) is 8.78 Å². The molecule has 0 unspecified atom stereocenters. The van der Waals surface area contributed by atoms with E-state index in [9.17, 15) is 26.7 Å². The first kappa shape index (κ1) is 26.9. The first-order valence-corrected chi connectivity index (χ1v) is 13.8. The summed E-state index contributed by atoms with van der Waals surface area (Å²) < 4.78 is 73.1. The van der Waals surface area contributed by atoms with Crippen LogP contribution in [-0.4, -0.2) is 29.0 Å². The lowest BCUT2D eigenvalue weighted by molar-refractivity contribution is 0.0716. The summed E-state index contributed by atoms with van der Waals surface area (Å²) in [5.41, 5.74) is 1.84. The number of benzene rings is 3. The number of azo groups is 1. The molecule has 0 N–H and O–H groups in total. The van der Waals surface area contributed by atoms with Gasteiger partial charge < -0.3 is 9.64 Å². The number of fused-ring (bicyclic) bond motifs is 1. The number of aromatic nitrogens is 2. The second kappa shape index (κ2) is 10.9. The van der Waals surface area contributed by atoms with Crippen molar-refractivity contribution in [3.8, 4) is 17.0 Å². The highest BCUT2D eigenvalue weighted by molar-refractivity contribution is 7.22. The van der Waals surface area contributed by atoms with Crippen LogP contribution >= 0.6 is 22.7 Å². The number of carbonyl (C=O) groups excluding carboxylic acids is 1. The van der Waals surface area contributed by atoms with Gasteiger partial charge in [-0.3, -0.25) is 0 Å². The zero-order valence-electron chi connectivity index (χ0n) is 20.7. The van der Waals surface area contributed by atoms with Crippen molar-refractivity contribution >= 4 is 54.1 Å². The van der Waals surface area contributed by atoms with Crippen LogP contribution in [0.25, 0.3) is 21.5 Å². The number of hydrogen-bond acceptors (Lipinski definition) is 9. The van der Waals surface area contributed by atoms with Crippen molar-refractivity contribution in [3.63, 3.8) is 0 Å². The normalized spacial score (nSPS) is 13.5. The maximum atomic E-state index is 14.0. The fraction of sp³-hybridized carbons (Fsp3) is 0.148. The number of esters is 1. The maximum absolute atomic E-state index is 14.0. The topological polar surface area (TPSA) is 80.0 Å². The van der Waals surface area contributed by atoms with Crippen molar-refractivity contribution in [1.82, 2.24) is 9.97 Å². The van der Waals surface area contributed by atoms with Crippen LogP contribution in [0.15, 0.2) is 58.8 Å². The highest BCUT2D eigenvalue weighted by atomic mass is 32.1. The van der Waals surface area contributed by atoms with E-state index in [1.165, 1.54) is 29.5 Å². The maximum Gasteiger partial charge on any atom is 0.343 e. The van der Waals surface area contributed by atoms with Gasteiger partial charge in [-0.15, -0.1) is 10.2 Å². The summed E-state index contributed by atoms with van der Waals surface area (Å²) in [6, 6.07) is 13.6. The number of anilines is 1. The molecule has 0 spiro atoms. The number of rotatable bonds is 6. The van der Waals surface area contributed by atoms with Crippen LogP contribution < -0.4 is 9.64 Å². The van der Waals surface area contributed by atoms with Crippen LogP contribution in [-0.2, 0) is 0 Å². The molecule has 14 heteroatoms. The van der Waals surface area contributed by atoms with Gasteiger partial charge in [0.1, 0.15) is 5.69 Å². The molecule has 1 aliphatic rings. The van der Waals surface area contributed by atoms with Crippen molar-refractivity contribution in [2.45, 2.75) is 12.8 Å². The Bertz CT molecular complexity index is 1790. The fourth-order valence-electron chi connectivity index (χ4n) is 4.19. The number of halogens is 5. The average molecular weight is 602 g/mol. The van der Waals surface area contributed by atoms with Gasteiger partial charge in [-0.05, 0) is 31.0 Å². The lowest BCUT2D eigenvalue weighted by Gasteiger charge is -2.11. The van der Waals surface area contributed by atoms with Crippen LogP contribution in [0.1, 0.15) is 23.2 Å². The van der Waals surface area contributed by atoms with Crippen LogP contribution in [0.3, 0.4) is 0 Å². The third kappa shape index (κ3) is 5.15. The molecule has 6 rings (SSSR count). The number of carbonyl (C=O) groups is 1. The van der Waals surface area contributed by atoms with E-state index in [1.807, 2.05) is 30.3 Å². The first-order valence-electron chi connectivity index (χ1n) is 12.2. The molecular weight excluding hydrogens is 585 g/mol. The molecule has 0 radical (unpaired) electrons. The summed E-state index contributed by atoms with van der Waals surface area (Å²) in [5, 5.41) is 10.4. The van der Waals surface area contributed by atoms with Gasteiger partial charge in [0.15, 0.2) is 10.1 Å². The van der Waals surface area contributed by atoms with E-state index >= 15 is 0 Å². The number of nitrogens with zero attached hydrogens (tertiary/aromatic N) is 5. The molecule has 0 atom stereocenters. The highest BCUT2D eigenvalue weighted by Crippen LogP contribution is 2.42. The lowest BCUT2D eigenvalue weighted by Crippen LogP contribution is -2.17. The average Bonchev–Trinajstić information content (AvgIpc) is 3.76. The number of hydrogen-bond donors (Lipinski definition) is 0. The lowest BCUT2D eigenvalue weighted by atomic mass is 10.2. The van der Waals surface area contributed by atoms with Gasteiger partial charge in [-0.1, -0.05) is 53.0 Å². The number of ether oxygens (including phenoxy) is 1. The third-order valence-electron chi connectivity index (χ3n) is 6.23. The molecule has 0 bridgehead atoms. The predicted octanol–water partition coefficient (Wildman–Crippen LogP) is 8.35. The minimum Gasteiger partial charge on any atom is -0.416 e. The van der Waals surface area contributed by atoms with Gasteiger partial charge in [0.05, 0.1) is 15.8 Å². The van der Waals surface area contributed by atoms with Crippen LogP contribution in [0.4, 0.5) is 37.2 Å². The Labute approximate surface area is 236 Å². The first-order chi connectivity index (χ1) is 19.8. The zero-order valence-corrected chi connectivity index (χ0v) is 22.3. The Morgan fingerprint density at radius 3 is 2.22 bits per heavy atom. The van der Waals surface area contributed by atoms with Crippen molar-refractivity contribution < 1.29 is 31.5 Å². The van der Waals surface area contributed by atoms with E-state index < -0.39 is 40.8 Å². The molecule has 208 valence electrons. The largest absolute Gasteiger partial charge is 0.416 e. The molecule has 1 saturated heterocycles. The van der Waals surface area contributed by atoms with E-state index in [-0.39, 0.29) is 10.7 Å². The second-order valence-corrected chi connectivity index (χ2v) is 10.8. The van der Waals surface area contributed by atoms with Crippen molar-refractivity contribution in [2.24, 2.45) is 10.2 Å². The summed E-state index contributed by atoms with van der Waals surface area (Å²) >= 11 is 2.50. The molecule has 3 heterocycles. The van der Waals surface area contributed by atoms with E-state index in [0.29, 0.717) is 20.9 Å². The predicted molar refractivity (Wildman–Crippen MR) is 144 cm³/mol. The molecular formula is C27H16F5N5O2S2. The van der Waals surface area contributed by atoms with Gasteiger partial charge in [0.25, 0.3) is 0 Å². The number of thiazole rings is 2. The van der Waals surface area contributed by atoms with Crippen LogP contribution in [0, 0.1) is 29.1 Å². The van der Waals surface area contributed by atoms with E-state index in [0.717, 1.165) is 48.0 Å². The minimum absolute atomic E-state index is 0.197. The fourth-order valence-corrected chi connectivity index (χ4v) is 5.98. The molecule has 1 aliphatic heterocycles. The zero-order chi connectivity index (χ0) is 28.7. The Balaban J connectivity index is 1.27. The third-order valence-corrected chi connectivity index (χ3v) is 8.13. The van der Waals surface area contributed by atoms with Crippen molar-refractivity contribution in [3.05, 3.63) is 83.2 Å². The quantitative estimate of drug-likeness (QED) is 0.0488. The molecule has 0 saturated carbocycles. The molecule has 2 aromatic heterocycles. The molecule has 3 aromatic carbocycles. The molecule has 41 heavy (non-hydrogen) atoms.